The zero-order valence-corrected chi connectivity index (χ0v) is 21.2. The van der Waals surface area contributed by atoms with Gasteiger partial charge in [0.1, 0.15) is 12.4 Å². The van der Waals surface area contributed by atoms with Crippen LogP contribution >= 0.6 is 23.2 Å². The normalized spacial score (nSPS) is 16.1. The first-order chi connectivity index (χ1) is 16.3. The third-order valence-corrected chi connectivity index (χ3v) is 7.22. The van der Waals surface area contributed by atoms with E-state index in [0.29, 0.717) is 36.2 Å². The molecule has 1 amide bonds. The lowest BCUT2D eigenvalue weighted by atomic mass is 9.98. The molecule has 4 rings (SSSR count). The molecule has 3 aromatic rings. The molecule has 6 nitrogen and oxygen atoms in total. The molecule has 0 spiro atoms. The summed E-state index contributed by atoms with van der Waals surface area (Å²) in [7, 11) is 0. The van der Waals surface area contributed by atoms with Crippen LogP contribution in [0.2, 0.25) is 10.0 Å². The zero-order chi connectivity index (χ0) is 24.4. The average Bonchev–Trinajstić information content (AvgIpc) is 3.12. The van der Waals surface area contributed by atoms with Crippen molar-refractivity contribution in [2.45, 2.75) is 46.6 Å². The maximum atomic E-state index is 13.4. The highest BCUT2D eigenvalue weighted by Crippen LogP contribution is 2.27. The van der Waals surface area contributed by atoms with Crippen molar-refractivity contribution in [3.63, 3.8) is 0 Å². The number of imidazole rings is 1. The van der Waals surface area contributed by atoms with Crippen LogP contribution in [0, 0.1) is 19.8 Å². The Bertz CT molecular complexity index is 1240. The van der Waals surface area contributed by atoms with Crippen LogP contribution in [0.4, 0.5) is 0 Å². The van der Waals surface area contributed by atoms with Crippen LogP contribution in [0.15, 0.2) is 30.3 Å². The topological polar surface area (TPSA) is 64.4 Å². The van der Waals surface area contributed by atoms with Crippen molar-refractivity contribution in [1.82, 2.24) is 14.5 Å². The Balaban J connectivity index is 1.64. The number of esters is 1. The summed E-state index contributed by atoms with van der Waals surface area (Å²) >= 11 is 12.3. The smallest absolute Gasteiger partial charge is 0.310 e. The number of hydrogen-bond acceptors (Lipinski definition) is 4. The van der Waals surface area contributed by atoms with Crippen molar-refractivity contribution in [3.05, 3.63) is 62.9 Å². The molecule has 34 heavy (non-hydrogen) atoms. The summed E-state index contributed by atoms with van der Waals surface area (Å²) in [5.74, 6) is 0.268. The van der Waals surface area contributed by atoms with Gasteiger partial charge in [0.2, 0.25) is 5.91 Å². The van der Waals surface area contributed by atoms with Gasteiger partial charge >= 0.3 is 5.97 Å². The maximum Gasteiger partial charge on any atom is 0.310 e. The van der Waals surface area contributed by atoms with Crippen LogP contribution in [-0.4, -0.2) is 46.0 Å². The minimum atomic E-state index is -0.266. The van der Waals surface area contributed by atoms with Gasteiger partial charge in [-0.1, -0.05) is 29.3 Å². The summed E-state index contributed by atoms with van der Waals surface area (Å²) in [5.41, 5.74) is 5.03. The summed E-state index contributed by atoms with van der Waals surface area (Å²) < 4.78 is 7.18. The van der Waals surface area contributed by atoms with E-state index in [4.69, 9.17) is 32.9 Å². The van der Waals surface area contributed by atoms with Crippen LogP contribution in [0.1, 0.15) is 42.3 Å². The number of aryl methyl sites for hydroxylation is 2. The van der Waals surface area contributed by atoms with E-state index in [0.717, 1.165) is 46.4 Å². The molecule has 1 aromatic heterocycles. The summed E-state index contributed by atoms with van der Waals surface area (Å²) in [4.78, 5) is 32.3. The minimum absolute atomic E-state index is 0.0260. The Morgan fingerprint density at radius 3 is 2.62 bits per heavy atom. The predicted molar refractivity (Wildman–Crippen MR) is 134 cm³/mol. The van der Waals surface area contributed by atoms with Gasteiger partial charge in [-0.2, -0.15) is 0 Å². The second-order valence-electron chi connectivity index (χ2n) is 8.90. The fourth-order valence-corrected chi connectivity index (χ4v) is 4.79. The van der Waals surface area contributed by atoms with E-state index in [2.05, 4.69) is 26.0 Å². The predicted octanol–water partition coefficient (Wildman–Crippen LogP) is 5.35. The van der Waals surface area contributed by atoms with Crippen molar-refractivity contribution < 1.29 is 14.3 Å². The molecule has 2 aromatic carbocycles. The fourth-order valence-electron chi connectivity index (χ4n) is 4.46. The number of halogens is 2. The van der Waals surface area contributed by atoms with E-state index in [1.165, 1.54) is 0 Å². The lowest BCUT2D eigenvalue weighted by Crippen LogP contribution is -2.44. The number of hydrogen-bond donors (Lipinski definition) is 0. The summed E-state index contributed by atoms with van der Waals surface area (Å²) in [6, 6.07) is 9.67. The molecule has 180 valence electrons. The van der Waals surface area contributed by atoms with E-state index in [-0.39, 0.29) is 24.3 Å². The quantitative estimate of drug-likeness (QED) is 0.426. The Morgan fingerprint density at radius 2 is 1.88 bits per heavy atom. The highest BCUT2D eigenvalue weighted by atomic mass is 35.5. The van der Waals surface area contributed by atoms with Gasteiger partial charge in [-0.15, -0.1) is 0 Å². The molecule has 0 unspecified atom stereocenters. The highest BCUT2D eigenvalue weighted by Gasteiger charge is 2.30. The number of rotatable bonds is 6. The number of benzene rings is 2. The molecule has 1 aliphatic rings. The second-order valence-corrected chi connectivity index (χ2v) is 9.71. The molecule has 0 aliphatic carbocycles. The second kappa shape index (κ2) is 10.4. The molecule has 2 heterocycles. The zero-order valence-electron chi connectivity index (χ0n) is 19.7. The molecule has 0 radical (unpaired) electrons. The molecule has 0 bridgehead atoms. The first-order valence-corrected chi connectivity index (χ1v) is 12.4. The molecule has 8 heteroatoms. The number of piperidine rings is 1. The van der Waals surface area contributed by atoms with Crippen LogP contribution in [-0.2, 0) is 27.3 Å². The summed E-state index contributed by atoms with van der Waals surface area (Å²) in [5, 5.41) is 0.990. The first kappa shape index (κ1) is 24.6. The van der Waals surface area contributed by atoms with Crippen molar-refractivity contribution in [1.29, 1.82) is 0 Å². The molecule has 1 aliphatic heterocycles. The third kappa shape index (κ3) is 5.23. The summed E-state index contributed by atoms with van der Waals surface area (Å²) in [6.07, 6.45) is 2.05. The van der Waals surface area contributed by atoms with Gasteiger partial charge in [0.25, 0.3) is 0 Å². The Hall–Kier alpha value is -2.57. The van der Waals surface area contributed by atoms with Crippen molar-refractivity contribution in [2.75, 3.05) is 19.7 Å². The molecule has 1 fully saturated rings. The molecule has 0 saturated carbocycles. The Morgan fingerprint density at radius 1 is 1.12 bits per heavy atom. The number of ether oxygens (including phenoxy) is 1. The van der Waals surface area contributed by atoms with Crippen LogP contribution < -0.4 is 0 Å². The highest BCUT2D eigenvalue weighted by molar-refractivity contribution is 6.42. The monoisotopic (exact) mass is 501 g/mol. The van der Waals surface area contributed by atoms with Crippen molar-refractivity contribution in [2.24, 2.45) is 5.92 Å². The number of likely N-dealkylation sites (tertiary alicyclic amines) is 1. The van der Waals surface area contributed by atoms with Gasteiger partial charge in [0.15, 0.2) is 0 Å². The van der Waals surface area contributed by atoms with Gasteiger partial charge in [0, 0.05) is 19.5 Å². The van der Waals surface area contributed by atoms with Gasteiger partial charge in [-0.05, 0) is 74.6 Å². The molecule has 1 saturated heterocycles. The molecule has 0 N–H and O–H groups in total. The minimum Gasteiger partial charge on any atom is -0.466 e. The number of amides is 1. The van der Waals surface area contributed by atoms with Gasteiger partial charge in [-0.25, -0.2) is 4.98 Å². The van der Waals surface area contributed by atoms with E-state index in [1.54, 1.807) is 17.9 Å². The number of carbonyl (C=O) groups excluding carboxylic acids is 2. The molecule has 1 atom stereocenters. The van der Waals surface area contributed by atoms with E-state index >= 15 is 0 Å². The van der Waals surface area contributed by atoms with Crippen molar-refractivity contribution >= 4 is 46.1 Å². The van der Waals surface area contributed by atoms with Crippen LogP contribution in [0.3, 0.4) is 0 Å². The van der Waals surface area contributed by atoms with Gasteiger partial charge in [-0.3, -0.25) is 9.59 Å². The Labute approximate surface area is 209 Å². The lowest BCUT2D eigenvalue weighted by molar-refractivity contribution is -0.151. The third-order valence-electron chi connectivity index (χ3n) is 6.48. The van der Waals surface area contributed by atoms with Gasteiger partial charge in [0.05, 0.1) is 33.6 Å². The Kier molecular flexibility index (Phi) is 7.48. The van der Waals surface area contributed by atoms with Crippen LogP contribution in [0.25, 0.3) is 11.0 Å². The van der Waals surface area contributed by atoms with Crippen molar-refractivity contribution in [3.8, 4) is 0 Å². The SMILES string of the molecule is CCOC(=O)[C@H]1CCCN(C(=O)Cn2c(Cc3ccc(Cl)c(Cl)c3)nc3cc(C)c(C)cc32)C1. The first-order valence-electron chi connectivity index (χ1n) is 11.6. The van der Waals surface area contributed by atoms with Gasteiger partial charge < -0.3 is 14.2 Å². The fraction of sp³-hybridized carbons (Fsp3) is 0.423. The van der Waals surface area contributed by atoms with E-state index in [9.17, 15) is 9.59 Å². The van der Waals surface area contributed by atoms with Crippen LogP contribution in [0.5, 0.6) is 0 Å². The number of aromatic nitrogens is 2. The largest absolute Gasteiger partial charge is 0.466 e. The van der Waals surface area contributed by atoms with E-state index < -0.39 is 0 Å². The lowest BCUT2D eigenvalue weighted by Gasteiger charge is -2.31. The molecular weight excluding hydrogens is 473 g/mol. The standard InChI is InChI=1S/C26H29Cl2N3O3/c1-4-34-26(33)19-6-5-9-30(14-19)25(32)15-31-23-11-17(3)16(2)10-22(23)29-24(31)13-18-7-8-20(27)21(28)12-18/h7-8,10-12,19H,4-6,9,13-15H2,1-3H3/t19-/m0/s1. The molecular formula is C26H29Cl2N3O3. The van der Waals surface area contributed by atoms with E-state index in [1.807, 2.05) is 16.7 Å². The number of nitrogens with zero attached hydrogens (tertiary/aromatic N) is 3. The maximum absolute atomic E-state index is 13.4. The number of fused-ring (bicyclic) bond motifs is 1. The average molecular weight is 502 g/mol. The number of carbonyl (C=O) groups is 2. The summed E-state index contributed by atoms with van der Waals surface area (Å²) in [6.45, 7) is 7.45.